The van der Waals surface area contributed by atoms with Crippen LogP contribution in [-0.4, -0.2) is 48.4 Å². The van der Waals surface area contributed by atoms with Crippen molar-refractivity contribution in [1.82, 2.24) is 15.0 Å². The minimum atomic E-state index is 0.408. The van der Waals surface area contributed by atoms with Crippen LogP contribution in [0.15, 0.2) is 60.6 Å². The largest absolute Gasteiger partial charge is 0.497 e. The fraction of sp³-hybridized carbons (Fsp3) is 0.269. The van der Waals surface area contributed by atoms with Gasteiger partial charge in [0, 0.05) is 36.2 Å². The second-order valence-electron chi connectivity index (χ2n) is 8.23. The molecule has 1 atom stereocenters. The van der Waals surface area contributed by atoms with E-state index < -0.39 is 0 Å². The molecule has 0 spiro atoms. The van der Waals surface area contributed by atoms with Crippen LogP contribution < -0.4 is 10.2 Å². The Balaban J connectivity index is 1.48. The number of methoxy groups -OCH3 is 2. The van der Waals surface area contributed by atoms with Crippen molar-refractivity contribution in [2.75, 3.05) is 37.6 Å². The van der Waals surface area contributed by atoms with Crippen LogP contribution in [0, 0.1) is 0 Å². The number of hydrogen-bond acceptors (Lipinski definition) is 8. The van der Waals surface area contributed by atoms with Gasteiger partial charge in [0.2, 0.25) is 0 Å². The van der Waals surface area contributed by atoms with Crippen LogP contribution in [0.5, 0.6) is 0 Å². The van der Waals surface area contributed by atoms with Gasteiger partial charge in [-0.1, -0.05) is 30.8 Å². The molecule has 3 heterocycles. The molecule has 0 bridgehead atoms. The molecule has 1 unspecified atom stereocenters. The summed E-state index contributed by atoms with van der Waals surface area (Å²) >= 11 is 1.50. The highest BCUT2D eigenvalue weighted by Crippen LogP contribution is 2.32. The number of ether oxygens (including phenoxy) is 2. The molecule has 0 amide bonds. The maximum atomic E-state index is 5.43. The molecule has 0 radical (unpaired) electrons. The van der Waals surface area contributed by atoms with E-state index in [4.69, 9.17) is 19.4 Å². The van der Waals surface area contributed by atoms with E-state index in [2.05, 4.69) is 40.0 Å². The summed E-state index contributed by atoms with van der Waals surface area (Å²) in [6.07, 6.45) is 2.32. The van der Waals surface area contributed by atoms with Crippen LogP contribution in [0.4, 0.5) is 17.2 Å². The summed E-state index contributed by atoms with van der Waals surface area (Å²) < 4.78 is 10.7. The topological polar surface area (TPSA) is 72.4 Å². The molecule has 2 aromatic heterocycles. The molecule has 8 heteroatoms. The number of aromatic nitrogens is 3. The van der Waals surface area contributed by atoms with Gasteiger partial charge in [-0.2, -0.15) is 0 Å². The van der Waals surface area contributed by atoms with Gasteiger partial charge in [-0.25, -0.2) is 15.0 Å². The molecule has 7 nitrogen and oxygen atoms in total. The van der Waals surface area contributed by atoms with E-state index in [1.54, 1.807) is 19.7 Å². The Morgan fingerprint density at radius 2 is 2.06 bits per heavy atom. The van der Waals surface area contributed by atoms with E-state index in [1.165, 1.54) is 23.4 Å². The van der Waals surface area contributed by atoms with Gasteiger partial charge < -0.3 is 19.7 Å². The molecule has 2 aromatic carbocycles. The first-order valence-electron chi connectivity index (χ1n) is 11.2. The van der Waals surface area contributed by atoms with Crippen molar-refractivity contribution < 1.29 is 9.47 Å². The highest BCUT2D eigenvalue weighted by molar-refractivity contribution is 7.16. The highest BCUT2D eigenvalue weighted by Gasteiger charge is 2.24. The number of thiazole rings is 1. The molecule has 4 aromatic rings. The molecule has 0 aliphatic carbocycles. The van der Waals surface area contributed by atoms with E-state index in [1.807, 2.05) is 30.3 Å². The van der Waals surface area contributed by atoms with E-state index >= 15 is 0 Å². The zero-order chi connectivity index (χ0) is 23.5. The highest BCUT2D eigenvalue weighted by atomic mass is 32.1. The predicted octanol–water partition coefficient (Wildman–Crippen LogP) is 5.73. The van der Waals surface area contributed by atoms with Crippen molar-refractivity contribution >= 4 is 44.6 Å². The maximum Gasteiger partial charge on any atom is 0.163 e. The summed E-state index contributed by atoms with van der Waals surface area (Å²) in [5.41, 5.74) is 6.48. The Morgan fingerprint density at radius 3 is 2.91 bits per heavy atom. The summed E-state index contributed by atoms with van der Waals surface area (Å²) in [5.74, 6) is 1.91. The monoisotopic (exact) mass is 473 g/mol. The van der Waals surface area contributed by atoms with Gasteiger partial charge in [0.15, 0.2) is 11.6 Å². The fourth-order valence-electron chi connectivity index (χ4n) is 4.37. The zero-order valence-electron chi connectivity index (χ0n) is 19.3. The minimum absolute atomic E-state index is 0.408. The second kappa shape index (κ2) is 9.79. The summed E-state index contributed by atoms with van der Waals surface area (Å²) in [6, 6.07) is 16.7. The quantitative estimate of drug-likeness (QED) is 0.328. The van der Waals surface area contributed by atoms with Gasteiger partial charge in [0.05, 0.1) is 25.3 Å². The number of nitrogens with zero attached hydrogens (tertiary/aromatic N) is 4. The zero-order valence-corrected chi connectivity index (χ0v) is 20.1. The third kappa shape index (κ3) is 4.47. The minimum Gasteiger partial charge on any atom is -0.497 e. The van der Waals surface area contributed by atoms with Gasteiger partial charge in [-0.3, -0.25) is 0 Å². The number of anilines is 3. The Bertz CT molecular complexity index is 1320. The van der Waals surface area contributed by atoms with Gasteiger partial charge >= 0.3 is 0 Å². The first-order chi connectivity index (χ1) is 16.7. The maximum absolute atomic E-state index is 5.43. The molecule has 1 saturated heterocycles. The second-order valence-corrected chi connectivity index (χ2v) is 9.06. The van der Waals surface area contributed by atoms with Gasteiger partial charge in [-0.15, -0.1) is 11.3 Å². The molecule has 1 aliphatic heterocycles. The third-order valence-corrected chi connectivity index (χ3v) is 6.78. The summed E-state index contributed by atoms with van der Waals surface area (Å²) in [4.78, 5) is 17.4. The Labute approximate surface area is 203 Å². The lowest BCUT2D eigenvalue weighted by atomic mass is 10.1. The molecule has 1 aliphatic rings. The number of benzene rings is 2. The van der Waals surface area contributed by atoms with Gasteiger partial charge in [0.1, 0.15) is 16.1 Å². The Morgan fingerprint density at radius 1 is 1.18 bits per heavy atom. The summed E-state index contributed by atoms with van der Waals surface area (Å²) in [7, 11) is 3.38. The fourth-order valence-corrected chi connectivity index (χ4v) is 5.03. The SMILES string of the molecule is C=C(OC)c1cccc(-c2nc(Nc3cccc(N4CCCC4COC)c3)c3ncsc3n2)c1. The van der Waals surface area contributed by atoms with E-state index in [9.17, 15) is 0 Å². The van der Waals surface area contributed by atoms with Gasteiger partial charge in [-0.05, 0) is 37.1 Å². The standard InChI is InChI=1S/C26H27N5O2S/c1-17(33-3)18-7-4-8-19(13-18)24-29-25(23-26(30-24)34-16-27-23)28-20-9-5-10-21(14-20)31-12-6-11-22(31)15-32-2/h4-5,7-10,13-14,16,22H,1,6,11-12,15H2,2-3H3,(H,28,29,30). The smallest absolute Gasteiger partial charge is 0.163 e. The molecule has 1 N–H and O–H groups in total. The normalized spacial score (nSPS) is 15.6. The Hall–Kier alpha value is -3.49. The lowest BCUT2D eigenvalue weighted by Crippen LogP contribution is -2.32. The molecular weight excluding hydrogens is 446 g/mol. The number of rotatable bonds is 8. The number of hydrogen-bond donors (Lipinski definition) is 1. The van der Waals surface area contributed by atoms with Crippen LogP contribution in [0.2, 0.25) is 0 Å². The van der Waals surface area contributed by atoms with Crippen LogP contribution in [0.25, 0.3) is 27.5 Å². The van der Waals surface area contributed by atoms with Crippen molar-refractivity contribution in [3.63, 3.8) is 0 Å². The Kier molecular flexibility index (Phi) is 6.42. The molecule has 174 valence electrons. The molecule has 5 rings (SSSR count). The average molecular weight is 474 g/mol. The third-order valence-electron chi connectivity index (χ3n) is 6.06. The first-order valence-corrected chi connectivity index (χ1v) is 12.1. The van der Waals surface area contributed by atoms with Crippen molar-refractivity contribution in [1.29, 1.82) is 0 Å². The first kappa shape index (κ1) is 22.3. The molecular formula is C26H27N5O2S. The van der Waals surface area contributed by atoms with E-state index in [-0.39, 0.29) is 0 Å². The lowest BCUT2D eigenvalue weighted by Gasteiger charge is -2.26. The van der Waals surface area contributed by atoms with E-state index in [0.29, 0.717) is 23.4 Å². The van der Waals surface area contributed by atoms with Gasteiger partial charge in [0.25, 0.3) is 0 Å². The van der Waals surface area contributed by atoms with E-state index in [0.717, 1.165) is 46.7 Å². The molecule has 34 heavy (non-hydrogen) atoms. The summed E-state index contributed by atoms with van der Waals surface area (Å²) in [6.45, 7) is 5.73. The average Bonchev–Trinajstić information content (AvgIpc) is 3.54. The lowest BCUT2D eigenvalue weighted by molar-refractivity contribution is 0.181. The van der Waals surface area contributed by atoms with Crippen LogP contribution in [0.3, 0.4) is 0 Å². The number of nitrogens with one attached hydrogen (secondary N) is 1. The van der Waals surface area contributed by atoms with Crippen molar-refractivity contribution in [3.05, 3.63) is 66.2 Å². The predicted molar refractivity (Wildman–Crippen MR) is 139 cm³/mol. The summed E-state index contributed by atoms with van der Waals surface area (Å²) in [5, 5.41) is 3.50. The molecule has 1 fully saturated rings. The van der Waals surface area contributed by atoms with Crippen molar-refractivity contribution in [3.8, 4) is 11.4 Å². The number of fused-ring (bicyclic) bond motifs is 1. The van der Waals surface area contributed by atoms with Crippen molar-refractivity contribution in [2.45, 2.75) is 18.9 Å². The van der Waals surface area contributed by atoms with Crippen molar-refractivity contribution in [2.24, 2.45) is 0 Å². The van der Waals surface area contributed by atoms with Crippen LogP contribution >= 0.6 is 11.3 Å². The van der Waals surface area contributed by atoms with Crippen LogP contribution in [0.1, 0.15) is 18.4 Å². The van der Waals surface area contributed by atoms with Crippen LogP contribution in [-0.2, 0) is 9.47 Å². The molecule has 0 saturated carbocycles.